The number of ether oxygens (including phenoxy) is 2. The summed E-state index contributed by atoms with van der Waals surface area (Å²) in [4.78, 5) is 2.47. The lowest BCUT2D eigenvalue weighted by Crippen LogP contribution is -2.45. The Morgan fingerprint density at radius 2 is 2.12 bits per heavy atom. The van der Waals surface area contributed by atoms with Gasteiger partial charge in [0.05, 0.1) is 19.3 Å². The van der Waals surface area contributed by atoms with E-state index in [1.165, 1.54) is 12.8 Å². The Kier molecular flexibility index (Phi) is 5.03. The van der Waals surface area contributed by atoms with Crippen LogP contribution in [-0.2, 0) is 9.47 Å². The second-order valence-electron chi connectivity index (χ2n) is 4.86. The van der Waals surface area contributed by atoms with E-state index >= 15 is 0 Å². The van der Waals surface area contributed by atoms with Crippen molar-refractivity contribution in [3.05, 3.63) is 0 Å². The highest BCUT2D eigenvalue weighted by molar-refractivity contribution is 4.74. The standard InChI is InChI=1S/C12H24N2O2/c1-11(10-14-4-7-15-8-5-14)13-9-12-3-2-6-16-12/h11-13H,2-10H2,1H3. The van der Waals surface area contributed by atoms with Crippen molar-refractivity contribution in [2.75, 3.05) is 46.0 Å². The van der Waals surface area contributed by atoms with Gasteiger partial charge in [-0.1, -0.05) is 0 Å². The first kappa shape index (κ1) is 12.3. The summed E-state index contributed by atoms with van der Waals surface area (Å²) >= 11 is 0. The predicted molar refractivity (Wildman–Crippen MR) is 63.7 cm³/mol. The molecule has 0 radical (unpaired) electrons. The van der Waals surface area contributed by atoms with Gasteiger partial charge in [-0.2, -0.15) is 0 Å². The Bertz CT molecular complexity index is 189. The van der Waals surface area contributed by atoms with E-state index in [2.05, 4.69) is 17.1 Å². The van der Waals surface area contributed by atoms with E-state index in [1.54, 1.807) is 0 Å². The van der Waals surface area contributed by atoms with Gasteiger partial charge in [0.15, 0.2) is 0 Å². The molecule has 0 aliphatic carbocycles. The summed E-state index contributed by atoms with van der Waals surface area (Å²) in [7, 11) is 0. The zero-order valence-electron chi connectivity index (χ0n) is 10.3. The van der Waals surface area contributed by atoms with Gasteiger partial charge in [0.2, 0.25) is 0 Å². The molecule has 2 unspecified atom stereocenters. The summed E-state index contributed by atoms with van der Waals surface area (Å²) in [5, 5.41) is 3.56. The van der Waals surface area contributed by atoms with Gasteiger partial charge in [-0.15, -0.1) is 0 Å². The van der Waals surface area contributed by atoms with E-state index in [-0.39, 0.29) is 0 Å². The fraction of sp³-hybridized carbons (Fsp3) is 1.00. The molecule has 2 rings (SSSR count). The van der Waals surface area contributed by atoms with E-state index in [4.69, 9.17) is 9.47 Å². The highest BCUT2D eigenvalue weighted by Gasteiger charge is 2.17. The molecule has 16 heavy (non-hydrogen) atoms. The number of hydrogen-bond acceptors (Lipinski definition) is 4. The maximum atomic E-state index is 5.60. The molecule has 0 aromatic rings. The normalized spacial score (nSPS) is 29.4. The average molecular weight is 228 g/mol. The van der Waals surface area contributed by atoms with E-state index in [0.717, 1.165) is 46.0 Å². The number of rotatable bonds is 5. The Hall–Kier alpha value is -0.160. The first-order chi connectivity index (χ1) is 7.84. The minimum atomic E-state index is 0.451. The van der Waals surface area contributed by atoms with Crippen LogP contribution in [0.25, 0.3) is 0 Å². The Labute approximate surface area is 98.3 Å². The first-order valence-electron chi connectivity index (χ1n) is 6.49. The SMILES string of the molecule is CC(CN1CCOCC1)NCC1CCCO1. The van der Waals surface area contributed by atoms with Crippen LogP contribution in [0.2, 0.25) is 0 Å². The van der Waals surface area contributed by atoms with Crippen LogP contribution in [0.3, 0.4) is 0 Å². The number of hydrogen-bond donors (Lipinski definition) is 1. The van der Waals surface area contributed by atoms with Crippen LogP contribution in [-0.4, -0.2) is 63.0 Å². The number of nitrogens with one attached hydrogen (secondary N) is 1. The van der Waals surface area contributed by atoms with Crippen LogP contribution >= 0.6 is 0 Å². The number of morpholine rings is 1. The second kappa shape index (κ2) is 6.55. The highest BCUT2D eigenvalue weighted by Crippen LogP contribution is 2.10. The van der Waals surface area contributed by atoms with Crippen molar-refractivity contribution in [2.24, 2.45) is 0 Å². The van der Waals surface area contributed by atoms with Crippen molar-refractivity contribution >= 4 is 0 Å². The van der Waals surface area contributed by atoms with Gasteiger partial charge in [0.25, 0.3) is 0 Å². The molecule has 2 fully saturated rings. The lowest BCUT2D eigenvalue weighted by Gasteiger charge is -2.29. The molecule has 2 saturated heterocycles. The third kappa shape index (κ3) is 4.01. The quantitative estimate of drug-likeness (QED) is 0.742. The molecule has 2 atom stereocenters. The van der Waals surface area contributed by atoms with Crippen molar-refractivity contribution in [3.63, 3.8) is 0 Å². The smallest absolute Gasteiger partial charge is 0.0700 e. The lowest BCUT2D eigenvalue weighted by molar-refractivity contribution is 0.0332. The molecule has 94 valence electrons. The largest absolute Gasteiger partial charge is 0.379 e. The molecule has 4 nitrogen and oxygen atoms in total. The van der Waals surface area contributed by atoms with Gasteiger partial charge in [0.1, 0.15) is 0 Å². The number of nitrogens with zero attached hydrogens (tertiary/aromatic N) is 1. The molecule has 4 heteroatoms. The fourth-order valence-electron chi connectivity index (χ4n) is 2.37. The Morgan fingerprint density at radius 1 is 1.31 bits per heavy atom. The summed E-state index contributed by atoms with van der Waals surface area (Å²) in [6, 6.07) is 0.544. The van der Waals surface area contributed by atoms with Gasteiger partial charge >= 0.3 is 0 Å². The highest BCUT2D eigenvalue weighted by atomic mass is 16.5. The van der Waals surface area contributed by atoms with Crippen molar-refractivity contribution in [2.45, 2.75) is 31.9 Å². The Morgan fingerprint density at radius 3 is 2.81 bits per heavy atom. The fourth-order valence-corrected chi connectivity index (χ4v) is 2.37. The van der Waals surface area contributed by atoms with E-state index < -0.39 is 0 Å². The molecular formula is C12H24N2O2. The van der Waals surface area contributed by atoms with Gasteiger partial charge < -0.3 is 14.8 Å². The minimum absolute atomic E-state index is 0.451. The Balaban J connectivity index is 1.57. The third-order valence-corrected chi connectivity index (χ3v) is 3.35. The molecule has 0 spiro atoms. The van der Waals surface area contributed by atoms with Gasteiger partial charge in [-0.25, -0.2) is 0 Å². The van der Waals surface area contributed by atoms with Gasteiger partial charge in [-0.3, -0.25) is 4.90 Å². The molecule has 2 aliphatic rings. The van der Waals surface area contributed by atoms with E-state index in [9.17, 15) is 0 Å². The van der Waals surface area contributed by atoms with Gasteiger partial charge in [-0.05, 0) is 19.8 Å². The zero-order valence-corrected chi connectivity index (χ0v) is 10.3. The first-order valence-corrected chi connectivity index (χ1v) is 6.49. The van der Waals surface area contributed by atoms with Crippen LogP contribution in [0.1, 0.15) is 19.8 Å². The zero-order chi connectivity index (χ0) is 11.2. The molecule has 2 heterocycles. The molecule has 0 aromatic heterocycles. The molecule has 1 N–H and O–H groups in total. The topological polar surface area (TPSA) is 33.7 Å². The predicted octanol–water partition coefficient (Wildman–Crippen LogP) is 0.476. The molecule has 0 saturated carbocycles. The summed E-state index contributed by atoms with van der Waals surface area (Å²) in [6.45, 7) is 9.25. The van der Waals surface area contributed by atoms with Crippen LogP contribution in [0, 0.1) is 0 Å². The lowest BCUT2D eigenvalue weighted by atomic mass is 10.2. The van der Waals surface area contributed by atoms with Crippen LogP contribution in [0.4, 0.5) is 0 Å². The van der Waals surface area contributed by atoms with Gasteiger partial charge in [0, 0.05) is 38.8 Å². The van der Waals surface area contributed by atoms with E-state index in [1.807, 2.05) is 0 Å². The summed E-state index contributed by atoms with van der Waals surface area (Å²) in [6.07, 6.45) is 2.90. The summed E-state index contributed by atoms with van der Waals surface area (Å²) < 4.78 is 10.9. The third-order valence-electron chi connectivity index (χ3n) is 3.35. The molecule has 0 aromatic carbocycles. The molecular weight excluding hydrogens is 204 g/mol. The van der Waals surface area contributed by atoms with Crippen LogP contribution in [0.15, 0.2) is 0 Å². The van der Waals surface area contributed by atoms with Crippen molar-refractivity contribution < 1.29 is 9.47 Å². The molecule has 2 aliphatic heterocycles. The monoisotopic (exact) mass is 228 g/mol. The van der Waals surface area contributed by atoms with Crippen LogP contribution < -0.4 is 5.32 Å². The van der Waals surface area contributed by atoms with Crippen molar-refractivity contribution in [1.29, 1.82) is 0 Å². The van der Waals surface area contributed by atoms with Crippen molar-refractivity contribution in [3.8, 4) is 0 Å². The van der Waals surface area contributed by atoms with E-state index in [0.29, 0.717) is 12.1 Å². The maximum absolute atomic E-state index is 5.60. The van der Waals surface area contributed by atoms with Crippen molar-refractivity contribution in [1.82, 2.24) is 10.2 Å². The average Bonchev–Trinajstić information content (AvgIpc) is 2.81. The second-order valence-corrected chi connectivity index (χ2v) is 4.86. The molecule has 0 amide bonds. The molecule has 0 bridgehead atoms. The maximum Gasteiger partial charge on any atom is 0.0700 e. The van der Waals surface area contributed by atoms with Crippen LogP contribution in [0.5, 0.6) is 0 Å². The summed E-state index contributed by atoms with van der Waals surface area (Å²) in [5.41, 5.74) is 0. The summed E-state index contributed by atoms with van der Waals surface area (Å²) in [5.74, 6) is 0. The minimum Gasteiger partial charge on any atom is -0.379 e.